The first-order valence-corrected chi connectivity index (χ1v) is 11.2. The predicted octanol–water partition coefficient (Wildman–Crippen LogP) is 7.44. The standard InChI is InChI=1S/C26H32O2S/c1-7-8-9-12-15-26(5,6)18-16-20-21(22(24(18)28)25(2,3)4)23(27)17-13-10-11-14-19(17)29-20/h7,10-11,13-14,16,28H,1,8-9,12,15H2,2-6H3. The van der Waals surface area contributed by atoms with Gasteiger partial charge >= 0.3 is 0 Å². The number of unbranched alkanes of at least 4 members (excludes halogenated alkanes) is 2. The van der Waals surface area contributed by atoms with Gasteiger partial charge in [-0.15, -0.1) is 17.9 Å². The van der Waals surface area contributed by atoms with Crippen LogP contribution in [0.15, 0.2) is 47.8 Å². The number of phenolic OH excluding ortho intramolecular Hbond substituents is 1. The minimum Gasteiger partial charge on any atom is -0.507 e. The maximum atomic E-state index is 13.4. The van der Waals surface area contributed by atoms with E-state index < -0.39 is 0 Å². The van der Waals surface area contributed by atoms with Crippen molar-refractivity contribution < 1.29 is 5.11 Å². The summed E-state index contributed by atoms with van der Waals surface area (Å²) in [4.78, 5) is 13.4. The molecule has 0 saturated heterocycles. The second-order valence-corrected chi connectivity index (χ2v) is 10.7. The van der Waals surface area contributed by atoms with Crippen LogP contribution < -0.4 is 5.43 Å². The molecule has 0 amide bonds. The Morgan fingerprint density at radius 3 is 2.41 bits per heavy atom. The van der Waals surface area contributed by atoms with Crippen LogP contribution in [0, 0.1) is 0 Å². The predicted molar refractivity (Wildman–Crippen MR) is 128 cm³/mol. The van der Waals surface area contributed by atoms with Gasteiger partial charge in [0.1, 0.15) is 5.75 Å². The number of hydrogen-bond donors (Lipinski definition) is 1. The number of rotatable bonds is 6. The Morgan fingerprint density at radius 2 is 1.76 bits per heavy atom. The quantitative estimate of drug-likeness (QED) is 0.261. The average Bonchev–Trinajstić information content (AvgIpc) is 2.64. The minimum atomic E-state index is -0.342. The fourth-order valence-corrected chi connectivity index (χ4v) is 5.31. The Kier molecular flexibility index (Phi) is 5.91. The molecule has 0 unspecified atom stereocenters. The summed E-state index contributed by atoms with van der Waals surface area (Å²) in [6.07, 6.45) is 6.13. The highest BCUT2D eigenvalue weighted by atomic mass is 32.1. The molecule has 3 aromatic rings. The van der Waals surface area contributed by atoms with Crippen LogP contribution in [0.5, 0.6) is 5.75 Å². The Labute approximate surface area is 177 Å². The molecular formula is C26H32O2S. The van der Waals surface area contributed by atoms with E-state index in [1.807, 2.05) is 30.3 Å². The SMILES string of the molecule is C=CCCCCC(C)(C)c1cc2sc3ccccc3c(=O)c2c(C(C)(C)C)c1O. The van der Waals surface area contributed by atoms with Crippen LogP contribution in [0.2, 0.25) is 0 Å². The topological polar surface area (TPSA) is 37.3 Å². The van der Waals surface area contributed by atoms with Gasteiger partial charge in [0.2, 0.25) is 0 Å². The highest BCUT2D eigenvalue weighted by molar-refractivity contribution is 7.24. The third kappa shape index (κ3) is 4.11. The summed E-state index contributed by atoms with van der Waals surface area (Å²) in [6, 6.07) is 9.82. The van der Waals surface area contributed by atoms with Crippen molar-refractivity contribution in [3.63, 3.8) is 0 Å². The maximum absolute atomic E-state index is 13.4. The smallest absolute Gasteiger partial charge is 0.196 e. The lowest BCUT2D eigenvalue weighted by molar-refractivity contribution is 0.398. The van der Waals surface area contributed by atoms with Gasteiger partial charge in [-0.1, -0.05) is 59.2 Å². The Balaban J connectivity index is 2.30. The molecule has 2 aromatic carbocycles. The number of fused-ring (bicyclic) bond motifs is 2. The van der Waals surface area contributed by atoms with Gasteiger partial charge in [0.15, 0.2) is 5.43 Å². The Bertz CT molecular complexity index is 1110. The van der Waals surface area contributed by atoms with Crippen LogP contribution in [0.3, 0.4) is 0 Å². The van der Waals surface area contributed by atoms with Crippen LogP contribution in [0.25, 0.3) is 20.2 Å². The van der Waals surface area contributed by atoms with Crippen molar-refractivity contribution in [3.8, 4) is 5.75 Å². The summed E-state index contributed by atoms with van der Waals surface area (Å²) in [5.41, 5.74) is 1.22. The molecule has 1 heterocycles. The van der Waals surface area contributed by atoms with Crippen molar-refractivity contribution >= 4 is 31.5 Å². The highest BCUT2D eigenvalue weighted by Crippen LogP contribution is 2.45. The van der Waals surface area contributed by atoms with E-state index in [0.717, 1.165) is 51.6 Å². The zero-order valence-electron chi connectivity index (χ0n) is 18.3. The molecule has 2 nitrogen and oxygen atoms in total. The van der Waals surface area contributed by atoms with Gasteiger partial charge < -0.3 is 5.11 Å². The Hall–Kier alpha value is -2.13. The van der Waals surface area contributed by atoms with E-state index in [1.165, 1.54) is 0 Å². The molecule has 0 radical (unpaired) electrons. The van der Waals surface area contributed by atoms with Crippen molar-refractivity contribution in [1.29, 1.82) is 0 Å². The van der Waals surface area contributed by atoms with Gasteiger partial charge in [0, 0.05) is 31.3 Å². The molecule has 0 aliphatic carbocycles. The average molecular weight is 409 g/mol. The largest absolute Gasteiger partial charge is 0.507 e. The van der Waals surface area contributed by atoms with Gasteiger partial charge in [-0.05, 0) is 48.3 Å². The van der Waals surface area contributed by atoms with Crippen LogP contribution >= 0.6 is 11.3 Å². The number of aromatic hydroxyl groups is 1. The minimum absolute atomic E-state index is 0.0184. The van der Waals surface area contributed by atoms with E-state index in [9.17, 15) is 9.90 Å². The summed E-state index contributed by atoms with van der Waals surface area (Å²) in [7, 11) is 0. The van der Waals surface area contributed by atoms with Gasteiger partial charge in [-0.2, -0.15) is 0 Å². The molecule has 29 heavy (non-hydrogen) atoms. The molecule has 0 spiro atoms. The number of phenols is 1. The molecule has 0 bridgehead atoms. The molecule has 154 valence electrons. The first kappa shape index (κ1) is 21.6. The number of benzene rings is 2. The molecule has 1 aromatic heterocycles. The number of allylic oxidation sites excluding steroid dienone is 1. The zero-order valence-corrected chi connectivity index (χ0v) is 19.1. The molecule has 0 aliphatic rings. The summed E-state index contributed by atoms with van der Waals surface area (Å²) in [6.45, 7) is 14.4. The maximum Gasteiger partial charge on any atom is 0.196 e. The fourth-order valence-electron chi connectivity index (χ4n) is 4.19. The first-order valence-electron chi connectivity index (χ1n) is 10.4. The monoisotopic (exact) mass is 408 g/mol. The van der Waals surface area contributed by atoms with Crippen molar-refractivity contribution in [2.75, 3.05) is 0 Å². The summed E-state index contributed by atoms with van der Waals surface area (Å²) in [5, 5.41) is 12.8. The molecule has 1 N–H and O–H groups in total. The van der Waals surface area contributed by atoms with E-state index in [1.54, 1.807) is 11.3 Å². The second-order valence-electron chi connectivity index (χ2n) is 9.62. The third-order valence-electron chi connectivity index (χ3n) is 5.78. The molecule has 3 heteroatoms. The highest BCUT2D eigenvalue weighted by Gasteiger charge is 2.31. The van der Waals surface area contributed by atoms with Crippen molar-refractivity contribution in [1.82, 2.24) is 0 Å². The van der Waals surface area contributed by atoms with Crippen LogP contribution in [0.1, 0.15) is 71.4 Å². The van der Waals surface area contributed by atoms with Crippen molar-refractivity contribution in [3.05, 3.63) is 64.3 Å². The summed E-state index contributed by atoms with van der Waals surface area (Å²) < 4.78 is 1.95. The first-order chi connectivity index (χ1) is 13.6. The molecule has 0 fully saturated rings. The lowest BCUT2D eigenvalue weighted by atomic mass is 9.75. The Morgan fingerprint density at radius 1 is 1.07 bits per heavy atom. The summed E-state index contributed by atoms with van der Waals surface area (Å²) >= 11 is 1.64. The van der Waals surface area contributed by atoms with Gasteiger partial charge in [-0.3, -0.25) is 4.79 Å². The van der Waals surface area contributed by atoms with E-state index in [2.05, 4.69) is 47.3 Å². The van der Waals surface area contributed by atoms with E-state index in [-0.39, 0.29) is 16.3 Å². The zero-order chi connectivity index (χ0) is 21.4. The molecule has 3 rings (SSSR count). The summed E-state index contributed by atoms with van der Waals surface area (Å²) in [5.74, 6) is 0.290. The van der Waals surface area contributed by atoms with Gasteiger partial charge in [-0.25, -0.2) is 0 Å². The van der Waals surface area contributed by atoms with Crippen LogP contribution in [0.4, 0.5) is 0 Å². The molecule has 0 saturated carbocycles. The van der Waals surface area contributed by atoms with Crippen LogP contribution in [-0.4, -0.2) is 5.11 Å². The lowest BCUT2D eigenvalue weighted by Gasteiger charge is -2.31. The third-order valence-corrected chi connectivity index (χ3v) is 6.90. The van der Waals surface area contributed by atoms with Gasteiger partial charge in [0.05, 0.1) is 0 Å². The molecular weight excluding hydrogens is 376 g/mol. The van der Waals surface area contributed by atoms with Crippen molar-refractivity contribution in [2.24, 2.45) is 0 Å². The van der Waals surface area contributed by atoms with Crippen molar-refractivity contribution in [2.45, 2.75) is 71.1 Å². The van der Waals surface area contributed by atoms with E-state index >= 15 is 0 Å². The van der Waals surface area contributed by atoms with E-state index in [0.29, 0.717) is 11.1 Å². The number of hydrogen-bond acceptors (Lipinski definition) is 3. The fraction of sp³-hybridized carbons (Fsp3) is 0.423. The van der Waals surface area contributed by atoms with Crippen LogP contribution in [-0.2, 0) is 10.8 Å². The molecule has 0 atom stereocenters. The second kappa shape index (κ2) is 7.95. The normalized spacial score (nSPS) is 12.6. The molecule has 0 aliphatic heterocycles. The lowest BCUT2D eigenvalue weighted by Crippen LogP contribution is -2.22. The van der Waals surface area contributed by atoms with E-state index in [4.69, 9.17) is 0 Å². The van der Waals surface area contributed by atoms with Gasteiger partial charge in [0.25, 0.3) is 0 Å².